The van der Waals surface area contributed by atoms with E-state index in [-0.39, 0.29) is 5.56 Å². The van der Waals surface area contributed by atoms with Crippen LogP contribution in [0.2, 0.25) is 0 Å². The standard InChI is InChI=1S/C11H8N2O2S2/c14-11(15)8-4-6-13-10(7-8)17-16-9-3-1-2-5-12-9/h1-7H,(H,14,15). The molecule has 2 aromatic heterocycles. The fourth-order valence-corrected chi connectivity index (χ4v) is 2.84. The Balaban J connectivity index is 2.04. The summed E-state index contributed by atoms with van der Waals surface area (Å²) in [6.45, 7) is 0. The molecule has 0 radical (unpaired) electrons. The van der Waals surface area contributed by atoms with Gasteiger partial charge < -0.3 is 5.11 Å². The molecule has 0 unspecified atom stereocenters. The van der Waals surface area contributed by atoms with Crippen LogP contribution in [0.1, 0.15) is 10.4 Å². The van der Waals surface area contributed by atoms with E-state index in [9.17, 15) is 4.79 Å². The summed E-state index contributed by atoms with van der Waals surface area (Å²) >= 11 is 0. The number of carboxylic acids is 1. The quantitative estimate of drug-likeness (QED) is 0.856. The Labute approximate surface area is 106 Å². The van der Waals surface area contributed by atoms with Crippen molar-refractivity contribution in [2.45, 2.75) is 10.1 Å². The van der Waals surface area contributed by atoms with Crippen molar-refractivity contribution in [2.75, 3.05) is 0 Å². The molecule has 0 spiro atoms. The van der Waals surface area contributed by atoms with Crippen LogP contribution in [-0.4, -0.2) is 21.0 Å². The van der Waals surface area contributed by atoms with Gasteiger partial charge in [0.15, 0.2) is 0 Å². The highest BCUT2D eigenvalue weighted by atomic mass is 33.1. The SMILES string of the molecule is O=C(O)c1ccnc(SSc2ccccn2)c1. The molecule has 2 rings (SSSR count). The molecule has 1 N–H and O–H groups in total. The number of nitrogens with zero attached hydrogens (tertiary/aromatic N) is 2. The summed E-state index contributed by atoms with van der Waals surface area (Å²) in [5.74, 6) is -0.947. The highest BCUT2D eigenvalue weighted by molar-refractivity contribution is 8.76. The zero-order valence-corrected chi connectivity index (χ0v) is 10.2. The Hall–Kier alpha value is -1.53. The van der Waals surface area contributed by atoms with Gasteiger partial charge in [-0.2, -0.15) is 0 Å². The van der Waals surface area contributed by atoms with E-state index < -0.39 is 5.97 Å². The van der Waals surface area contributed by atoms with Gasteiger partial charge in [0, 0.05) is 12.4 Å². The van der Waals surface area contributed by atoms with Crippen LogP contribution in [0, 0.1) is 0 Å². The number of hydrogen-bond donors (Lipinski definition) is 1. The summed E-state index contributed by atoms with van der Waals surface area (Å²) < 4.78 is 0. The van der Waals surface area contributed by atoms with Crippen LogP contribution >= 0.6 is 21.6 Å². The van der Waals surface area contributed by atoms with E-state index in [0.717, 1.165) is 5.03 Å². The maximum absolute atomic E-state index is 10.8. The first-order valence-corrected chi connectivity index (χ1v) is 6.85. The maximum atomic E-state index is 10.8. The Morgan fingerprint density at radius 3 is 2.53 bits per heavy atom. The predicted octanol–water partition coefficient (Wildman–Crippen LogP) is 2.97. The van der Waals surface area contributed by atoms with Crippen LogP contribution < -0.4 is 0 Å². The Morgan fingerprint density at radius 2 is 1.82 bits per heavy atom. The molecule has 0 atom stereocenters. The summed E-state index contributed by atoms with van der Waals surface area (Å²) in [7, 11) is 2.83. The van der Waals surface area contributed by atoms with Crippen molar-refractivity contribution in [3.8, 4) is 0 Å². The first kappa shape index (κ1) is 11.9. The van der Waals surface area contributed by atoms with Gasteiger partial charge in [-0.05, 0) is 45.9 Å². The van der Waals surface area contributed by atoms with Crippen LogP contribution in [0.3, 0.4) is 0 Å². The van der Waals surface area contributed by atoms with E-state index >= 15 is 0 Å². The van der Waals surface area contributed by atoms with E-state index in [2.05, 4.69) is 9.97 Å². The molecule has 2 heterocycles. The van der Waals surface area contributed by atoms with E-state index in [1.54, 1.807) is 12.3 Å². The van der Waals surface area contributed by atoms with E-state index in [4.69, 9.17) is 5.11 Å². The minimum absolute atomic E-state index is 0.240. The topological polar surface area (TPSA) is 63.1 Å². The molecule has 0 aliphatic rings. The number of carboxylic acid groups (broad SMARTS) is 1. The number of rotatable bonds is 4. The Bertz CT molecular complexity index is 520. The minimum atomic E-state index is -0.947. The zero-order valence-electron chi connectivity index (χ0n) is 8.61. The molecule has 17 heavy (non-hydrogen) atoms. The number of hydrogen-bond acceptors (Lipinski definition) is 5. The molecule has 0 fully saturated rings. The second kappa shape index (κ2) is 5.70. The van der Waals surface area contributed by atoms with Crippen molar-refractivity contribution >= 4 is 27.6 Å². The van der Waals surface area contributed by atoms with Crippen LogP contribution in [0.5, 0.6) is 0 Å². The molecule has 0 aliphatic heterocycles. The predicted molar refractivity (Wildman–Crippen MR) is 67.1 cm³/mol. The lowest BCUT2D eigenvalue weighted by Crippen LogP contribution is -1.96. The molecule has 0 saturated heterocycles. The van der Waals surface area contributed by atoms with Crippen molar-refractivity contribution in [1.29, 1.82) is 0 Å². The zero-order chi connectivity index (χ0) is 12.1. The third-order valence-electron chi connectivity index (χ3n) is 1.83. The van der Waals surface area contributed by atoms with Gasteiger partial charge in [-0.3, -0.25) is 0 Å². The van der Waals surface area contributed by atoms with Crippen molar-refractivity contribution in [2.24, 2.45) is 0 Å². The number of carbonyl (C=O) groups is 1. The van der Waals surface area contributed by atoms with E-state index in [1.165, 1.54) is 33.9 Å². The smallest absolute Gasteiger partial charge is 0.335 e. The average Bonchev–Trinajstić information content (AvgIpc) is 2.38. The van der Waals surface area contributed by atoms with Gasteiger partial charge in [-0.15, -0.1) is 0 Å². The van der Waals surface area contributed by atoms with E-state index in [1.807, 2.05) is 18.2 Å². The van der Waals surface area contributed by atoms with Crippen molar-refractivity contribution in [3.05, 3.63) is 48.3 Å². The molecule has 0 saturated carbocycles. The molecular weight excluding hydrogens is 256 g/mol. The second-order valence-corrected chi connectivity index (χ2v) is 5.19. The Kier molecular flexibility index (Phi) is 4.00. The number of aromatic carboxylic acids is 1. The van der Waals surface area contributed by atoms with Gasteiger partial charge in [-0.1, -0.05) is 6.07 Å². The van der Waals surface area contributed by atoms with Crippen molar-refractivity contribution < 1.29 is 9.90 Å². The summed E-state index contributed by atoms with van der Waals surface area (Å²) in [6.07, 6.45) is 3.20. The van der Waals surface area contributed by atoms with Crippen LogP contribution in [-0.2, 0) is 0 Å². The molecule has 2 aromatic rings. The van der Waals surface area contributed by atoms with Crippen molar-refractivity contribution in [1.82, 2.24) is 9.97 Å². The summed E-state index contributed by atoms with van der Waals surface area (Å²) in [5, 5.41) is 10.4. The molecule has 86 valence electrons. The summed E-state index contributed by atoms with van der Waals surface area (Å²) in [5.41, 5.74) is 0.240. The first-order chi connectivity index (χ1) is 8.25. The Morgan fingerprint density at radius 1 is 1.06 bits per heavy atom. The lowest BCUT2D eigenvalue weighted by molar-refractivity contribution is 0.0696. The van der Waals surface area contributed by atoms with Gasteiger partial charge >= 0.3 is 5.97 Å². The minimum Gasteiger partial charge on any atom is -0.478 e. The number of aromatic nitrogens is 2. The van der Waals surface area contributed by atoms with Gasteiger partial charge in [0.1, 0.15) is 10.1 Å². The van der Waals surface area contributed by atoms with Gasteiger partial charge in [-0.25, -0.2) is 14.8 Å². The molecule has 4 nitrogen and oxygen atoms in total. The van der Waals surface area contributed by atoms with Gasteiger partial charge in [0.2, 0.25) is 0 Å². The maximum Gasteiger partial charge on any atom is 0.335 e. The fraction of sp³-hybridized carbons (Fsp3) is 0. The summed E-state index contributed by atoms with van der Waals surface area (Å²) in [6, 6.07) is 8.65. The normalized spacial score (nSPS) is 10.1. The first-order valence-electron chi connectivity index (χ1n) is 4.70. The molecular formula is C11H8N2O2S2. The lowest BCUT2D eigenvalue weighted by Gasteiger charge is -2.00. The van der Waals surface area contributed by atoms with Crippen LogP contribution in [0.25, 0.3) is 0 Å². The lowest BCUT2D eigenvalue weighted by atomic mass is 10.3. The molecule has 0 aliphatic carbocycles. The third kappa shape index (κ3) is 3.47. The molecule has 0 aromatic carbocycles. The molecule has 0 amide bonds. The summed E-state index contributed by atoms with van der Waals surface area (Å²) in [4.78, 5) is 19.0. The van der Waals surface area contributed by atoms with Gasteiger partial charge in [0.25, 0.3) is 0 Å². The fourth-order valence-electron chi connectivity index (χ4n) is 1.07. The second-order valence-electron chi connectivity index (χ2n) is 3.02. The third-order valence-corrected chi connectivity index (χ3v) is 4.00. The average molecular weight is 264 g/mol. The van der Waals surface area contributed by atoms with Crippen LogP contribution in [0.4, 0.5) is 0 Å². The molecule has 0 bridgehead atoms. The number of pyridine rings is 2. The van der Waals surface area contributed by atoms with Crippen molar-refractivity contribution in [3.63, 3.8) is 0 Å². The van der Waals surface area contributed by atoms with Crippen LogP contribution in [0.15, 0.2) is 52.8 Å². The monoisotopic (exact) mass is 264 g/mol. The highest BCUT2D eigenvalue weighted by Gasteiger charge is 2.05. The largest absolute Gasteiger partial charge is 0.478 e. The van der Waals surface area contributed by atoms with E-state index in [0.29, 0.717) is 5.03 Å². The van der Waals surface area contributed by atoms with Gasteiger partial charge in [0.05, 0.1) is 5.56 Å². The highest BCUT2D eigenvalue weighted by Crippen LogP contribution is 2.34. The molecule has 6 heteroatoms.